The smallest absolute Gasteiger partial charge is 0.251 e. The molecule has 17 heavy (non-hydrogen) atoms. The lowest BCUT2D eigenvalue weighted by Gasteiger charge is -2.13. The van der Waals surface area contributed by atoms with E-state index < -0.39 is 0 Å². The van der Waals surface area contributed by atoms with Gasteiger partial charge in [0.15, 0.2) is 0 Å². The highest BCUT2D eigenvalue weighted by molar-refractivity contribution is 5.65. The van der Waals surface area contributed by atoms with E-state index in [1.165, 1.54) is 0 Å². The van der Waals surface area contributed by atoms with Gasteiger partial charge < -0.3 is 9.15 Å². The SMILES string of the molecule is COc1c(-c2nnc(C)o2)cccc1C(C)C. The van der Waals surface area contributed by atoms with Crippen LogP contribution in [-0.2, 0) is 0 Å². The van der Waals surface area contributed by atoms with Gasteiger partial charge in [-0.1, -0.05) is 26.0 Å². The van der Waals surface area contributed by atoms with E-state index in [1.807, 2.05) is 12.1 Å². The fraction of sp³-hybridized carbons (Fsp3) is 0.385. The molecule has 0 fully saturated rings. The van der Waals surface area contributed by atoms with Gasteiger partial charge >= 0.3 is 0 Å². The van der Waals surface area contributed by atoms with E-state index in [0.717, 1.165) is 16.9 Å². The van der Waals surface area contributed by atoms with Crippen LogP contribution >= 0.6 is 0 Å². The molecule has 2 aromatic rings. The fourth-order valence-electron chi connectivity index (χ4n) is 1.81. The summed E-state index contributed by atoms with van der Waals surface area (Å²) in [5.41, 5.74) is 1.99. The number of aryl methyl sites for hydroxylation is 1. The molecule has 0 atom stereocenters. The van der Waals surface area contributed by atoms with Crippen molar-refractivity contribution in [3.63, 3.8) is 0 Å². The monoisotopic (exact) mass is 232 g/mol. The molecule has 0 N–H and O–H groups in total. The molecule has 0 bridgehead atoms. The fourth-order valence-corrected chi connectivity index (χ4v) is 1.81. The number of methoxy groups -OCH3 is 1. The Balaban J connectivity index is 2.58. The van der Waals surface area contributed by atoms with E-state index in [4.69, 9.17) is 9.15 Å². The van der Waals surface area contributed by atoms with Crippen molar-refractivity contribution in [3.05, 3.63) is 29.7 Å². The van der Waals surface area contributed by atoms with Crippen LogP contribution in [0.1, 0.15) is 31.2 Å². The van der Waals surface area contributed by atoms with E-state index in [-0.39, 0.29) is 0 Å². The van der Waals surface area contributed by atoms with E-state index in [2.05, 4.69) is 30.1 Å². The molecule has 0 aliphatic rings. The molecular formula is C13H16N2O2. The van der Waals surface area contributed by atoms with Crippen LogP contribution in [0.2, 0.25) is 0 Å². The van der Waals surface area contributed by atoms with Gasteiger partial charge in [0.1, 0.15) is 5.75 Å². The van der Waals surface area contributed by atoms with Crippen molar-refractivity contribution in [2.45, 2.75) is 26.7 Å². The molecule has 0 saturated heterocycles. The van der Waals surface area contributed by atoms with Crippen molar-refractivity contribution in [3.8, 4) is 17.2 Å². The van der Waals surface area contributed by atoms with Crippen molar-refractivity contribution < 1.29 is 9.15 Å². The van der Waals surface area contributed by atoms with Crippen molar-refractivity contribution in [1.29, 1.82) is 0 Å². The third kappa shape index (κ3) is 2.16. The van der Waals surface area contributed by atoms with Gasteiger partial charge in [-0.15, -0.1) is 10.2 Å². The van der Waals surface area contributed by atoms with E-state index >= 15 is 0 Å². The average molecular weight is 232 g/mol. The molecule has 1 heterocycles. The van der Waals surface area contributed by atoms with Gasteiger partial charge in [-0.25, -0.2) is 0 Å². The summed E-state index contributed by atoms with van der Waals surface area (Å²) in [6.45, 7) is 6.02. The summed E-state index contributed by atoms with van der Waals surface area (Å²) in [6.07, 6.45) is 0. The van der Waals surface area contributed by atoms with Crippen molar-refractivity contribution in [2.75, 3.05) is 7.11 Å². The molecule has 0 unspecified atom stereocenters. The zero-order valence-corrected chi connectivity index (χ0v) is 10.5. The van der Waals surface area contributed by atoms with Gasteiger partial charge in [0, 0.05) is 6.92 Å². The van der Waals surface area contributed by atoms with Crippen molar-refractivity contribution in [2.24, 2.45) is 0 Å². The van der Waals surface area contributed by atoms with E-state index in [1.54, 1.807) is 14.0 Å². The predicted octanol–water partition coefficient (Wildman–Crippen LogP) is 3.18. The largest absolute Gasteiger partial charge is 0.496 e. The Bertz CT molecular complexity index is 518. The number of benzene rings is 1. The minimum Gasteiger partial charge on any atom is -0.496 e. The van der Waals surface area contributed by atoms with Crippen LogP contribution < -0.4 is 4.74 Å². The Morgan fingerprint density at radius 1 is 1.24 bits per heavy atom. The normalized spacial score (nSPS) is 10.9. The van der Waals surface area contributed by atoms with Crippen molar-refractivity contribution >= 4 is 0 Å². The molecule has 0 spiro atoms. The molecule has 0 aliphatic carbocycles. The minimum absolute atomic E-state index is 0.383. The van der Waals surface area contributed by atoms with Gasteiger partial charge in [-0.3, -0.25) is 0 Å². The molecule has 0 radical (unpaired) electrons. The van der Waals surface area contributed by atoms with Crippen LogP contribution in [0.5, 0.6) is 5.75 Å². The highest BCUT2D eigenvalue weighted by Crippen LogP contribution is 2.35. The van der Waals surface area contributed by atoms with E-state index in [0.29, 0.717) is 17.7 Å². The summed E-state index contributed by atoms with van der Waals surface area (Å²) >= 11 is 0. The summed E-state index contributed by atoms with van der Waals surface area (Å²) in [4.78, 5) is 0. The minimum atomic E-state index is 0.383. The number of rotatable bonds is 3. The first-order chi connectivity index (χ1) is 8.13. The quantitative estimate of drug-likeness (QED) is 0.815. The number of para-hydroxylation sites is 1. The standard InChI is InChI=1S/C13H16N2O2/c1-8(2)10-6-5-7-11(12(10)16-4)13-15-14-9(3)17-13/h5-8H,1-4H3. The molecule has 0 aliphatic heterocycles. The number of aromatic nitrogens is 2. The molecule has 4 heteroatoms. The van der Waals surface area contributed by atoms with Crippen LogP contribution in [-0.4, -0.2) is 17.3 Å². The first-order valence-electron chi connectivity index (χ1n) is 5.61. The third-order valence-corrected chi connectivity index (χ3v) is 2.63. The number of ether oxygens (including phenoxy) is 1. The number of hydrogen-bond donors (Lipinski definition) is 0. The van der Waals surface area contributed by atoms with Crippen LogP contribution in [0.3, 0.4) is 0 Å². The summed E-state index contributed by atoms with van der Waals surface area (Å²) < 4.78 is 10.9. The lowest BCUT2D eigenvalue weighted by Crippen LogP contribution is -1.96. The first-order valence-corrected chi connectivity index (χ1v) is 5.61. The molecule has 2 rings (SSSR count). The van der Waals surface area contributed by atoms with Gasteiger partial charge in [0.25, 0.3) is 5.89 Å². The maximum Gasteiger partial charge on any atom is 0.251 e. The lowest BCUT2D eigenvalue weighted by atomic mass is 9.99. The summed E-state index contributed by atoms with van der Waals surface area (Å²) in [5, 5.41) is 7.87. The van der Waals surface area contributed by atoms with Crippen LogP contribution in [0.4, 0.5) is 0 Å². The van der Waals surface area contributed by atoms with Crippen LogP contribution in [0.25, 0.3) is 11.5 Å². The predicted molar refractivity (Wildman–Crippen MR) is 65.1 cm³/mol. The van der Waals surface area contributed by atoms with Crippen LogP contribution in [0, 0.1) is 6.92 Å². The molecule has 1 aromatic heterocycles. The summed E-state index contributed by atoms with van der Waals surface area (Å²) in [6, 6.07) is 5.96. The number of nitrogens with zero attached hydrogens (tertiary/aromatic N) is 2. The highest BCUT2D eigenvalue weighted by atomic mass is 16.5. The average Bonchev–Trinajstić information content (AvgIpc) is 2.74. The summed E-state index contributed by atoms with van der Waals surface area (Å²) in [7, 11) is 1.66. The Kier molecular flexibility index (Phi) is 3.13. The molecule has 0 amide bonds. The Hall–Kier alpha value is -1.84. The maximum absolute atomic E-state index is 5.47. The highest BCUT2D eigenvalue weighted by Gasteiger charge is 2.16. The first kappa shape index (κ1) is 11.6. The van der Waals surface area contributed by atoms with E-state index in [9.17, 15) is 0 Å². The Morgan fingerprint density at radius 2 is 2.00 bits per heavy atom. The second kappa shape index (κ2) is 4.57. The van der Waals surface area contributed by atoms with Gasteiger partial charge in [-0.05, 0) is 17.5 Å². The Labute approximate surface area is 101 Å². The third-order valence-electron chi connectivity index (χ3n) is 2.63. The van der Waals surface area contributed by atoms with Gasteiger partial charge in [0.05, 0.1) is 12.7 Å². The molecule has 1 aromatic carbocycles. The molecule has 0 saturated carbocycles. The lowest BCUT2D eigenvalue weighted by molar-refractivity contribution is 0.407. The second-order valence-electron chi connectivity index (χ2n) is 4.21. The zero-order valence-electron chi connectivity index (χ0n) is 10.5. The van der Waals surface area contributed by atoms with Gasteiger partial charge in [0.2, 0.25) is 5.89 Å². The topological polar surface area (TPSA) is 48.2 Å². The number of hydrogen-bond acceptors (Lipinski definition) is 4. The second-order valence-corrected chi connectivity index (χ2v) is 4.21. The zero-order chi connectivity index (χ0) is 12.4. The Morgan fingerprint density at radius 3 is 2.53 bits per heavy atom. The molecular weight excluding hydrogens is 216 g/mol. The summed E-state index contributed by atoms with van der Waals surface area (Å²) in [5.74, 6) is 2.25. The maximum atomic E-state index is 5.47. The molecule has 4 nitrogen and oxygen atoms in total. The van der Waals surface area contributed by atoms with Gasteiger partial charge in [-0.2, -0.15) is 0 Å². The van der Waals surface area contributed by atoms with Crippen molar-refractivity contribution in [1.82, 2.24) is 10.2 Å². The molecule has 90 valence electrons. The van der Waals surface area contributed by atoms with Crippen LogP contribution in [0.15, 0.2) is 22.6 Å².